The van der Waals surface area contributed by atoms with Gasteiger partial charge in [0.25, 0.3) is 0 Å². The van der Waals surface area contributed by atoms with Crippen molar-refractivity contribution in [3.05, 3.63) is 35.0 Å². The average molecular weight is 210 g/mol. The van der Waals surface area contributed by atoms with Crippen LogP contribution in [0.4, 0.5) is 0 Å². The second-order valence-corrected chi connectivity index (χ2v) is 3.30. The summed E-state index contributed by atoms with van der Waals surface area (Å²) in [4.78, 5) is 14.2. The van der Waals surface area contributed by atoms with E-state index in [1.54, 1.807) is 18.3 Å². The van der Waals surface area contributed by atoms with Crippen molar-refractivity contribution < 1.29 is 9.53 Å². The number of hydrogen-bond acceptors (Lipinski definition) is 2. The summed E-state index contributed by atoms with van der Waals surface area (Å²) in [7, 11) is 1.34. The molecule has 0 atom stereocenters. The zero-order valence-electron chi connectivity index (χ0n) is 7.50. The summed E-state index contributed by atoms with van der Waals surface area (Å²) in [5, 5.41) is 1.45. The van der Waals surface area contributed by atoms with E-state index >= 15 is 0 Å². The molecular formula is C10H8ClNO2. The molecule has 0 radical (unpaired) electrons. The Labute approximate surface area is 85.6 Å². The molecule has 0 unspecified atom stereocenters. The predicted octanol–water partition coefficient (Wildman–Crippen LogP) is 2.61. The Bertz CT molecular complexity index is 490. The molecular weight excluding hydrogens is 202 g/mol. The summed E-state index contributed by atoms with van der Waals surface area (Å²) in [5.74, 6) is -0.386. The summed E-state index contributed by atoms with van der Waals surface area (Å²) in [5.41, 5.74) is 1.28. The van der Waals surface area contributed by atoms with Crippen LogP contribution in [0.3, 0.4) is 0 Å². The molecule has 1 aromatic heterocycles. The van der Waals surface area contributed by atoms with E-state index in [2.05, 4.69) is 9.72 Å². The first-order valence-corrected chi connectivity index (χ1v) is 4.45. The lowest BCUT2D eigenvalue weighted by atomic mass is 10.1. The monoisotopic (exact) mass is 209 g/mol. The Kier molecular flexibility index (Phi) is 2.17. The topological polar surface area (TPSA) is 42.1 Å². The maximum atomic E-state index is 11.2. The van der Waals surface area contributed by atoms with E-state index in [1.807, 2.05) is 6.07 Å². The normalized spacial score (nSPS) is 10.4. The van der Waals surface area contributed by atoms with Crippen molar-refractivity contribution in [3.8, 4) is 0 Å². The fourth-order valence-corrected chi connectivity index (χ4v) is 1.64. The molecule has 0 aliphatic carbocycles. The number of nitrogens with one attached hydrogen (secondary N) is 1. The number of halogens is 1. The SMILES string of the molecule is COC(=O)c1cc(Cl)c2cc[nH]c2c1. The van der Waals surface area contributed by atoms with Crippen LogP contribution in [0, 0.1) is 0 Å². The molecule has 0 saturated carbocycles. The van der Waals surface area contributed by atoms with Gasteiger partial charge in [-0.25, -0.2) is 4.79 Å². The van der Waals surface area contributed by atoms with Crippen molar-refractivity contribution >= 4 is 28.5 Å². The molecule has 0 aliphatic rings. The lowest BCUT2D eigenvalue weighted by Gasteiger charge is -2.00. The lowest BCUT2D eigenvalue weighted by Crippen LogP contribution is -2.00. The minimum Gasteiger partial charge on any atom is -0.465 e. The highest BCUT2D eigenvalue weighted by Gasteiger charge is 2.09. The molecule has 1 aromatic carbocycles. The van der Waals surface area contributed by atoms with Crippen molar-refractivity contribution in [2.75, 3.05) is 7.11 Å². The molecule has 0 amide bonds. The van der Waals surface area contributed by atoms with E-state index in [9.17, 15) is 4.79 Å². The lowest BCUT2D eigenvalue weighted by molar-refractivity contribution is 0.0601. The Morgan fingerprint density at radius 1 is 1.50 bits per heavy atom. The summed E-state index contributed by atoms with van der Waals surface area (Å²) >= 11 is 5.98. The van der Waals surface area contributed by atoms with E-state index in [-0.39, 0.29) is 5.97 Å². The summed E-state index contributed by atoms with van der Waals surface area (Å²) < 4.78 is 4.61. The Morgan fingerprint density at radius 2 is 2.29 bits per heavy atom. The van der Waals surface area contributed by atoms with E-state index in [4.69, 9.17) is 11.6 Å². The van der Waals surface area contributed by atoms with Gasteiger partial charge < -0.3 is 9.72 Å². The molecule has 3 nitrogen and oxygen atoms in total. The third-order valence-corrected chi connectivity index (χ3v) is 2.35. The number of esters is 1. The van der Waals surface area contributed by atoms with Gasteiger partial charge in [0, 0.05) is 17.1 Å². The second-order valence-electron chi connectivity index (χ2n) is 2.89. The molecule has 2 rings (SSSR count). The third kappa shape index (κ3) is 1.36. The quantitative estimate of drug-likeness (QED) is 0.734. The van der Waals surface area contributed by atoms with Gasteiger partial charge in [-0.1, -0.05) is 11.6 Å². The number of fused-ring (bicyclic) bond motifs is 1. The van der Waals surface area contributed by atoms with Crippen LogP contribution in [0.25, 0.3) is 10.9 Å². The van der Waals surface area contributed by atoms with Gasteiger partial charge in [-0.3, -0.25) is 0 Å². The van der Waals surface area contributed by atoms with Gasteiger partial charge in [0.1, 0.15) is 0 Å². The van der Waals surface area contributed by atoms with Crippen LogP contribution in [0.1, 0.15) is 10.4 Å². The molecule has 0 saturated heterocycles. The van der Waals surface area contributed by atoms with Gasteiger partial charge >= 0.3 is 5.97 Å². The number of methoxy groups -OCH3 is 1. The number of carbonyl (C=O) groups is 1. The fourth-order valence-electron chi connectivity index (χ4n) is 1.36. The number of aromatic amines is 1. The number of ether oxygens (including phenoxy) is 1. The number of aromatic nitrogens is 1. The van der Waals surface area contributed by atoms with Crippen LogP contribution < -0.4 is 0 Å². The zero-order valence-corrected chi connectivity index (χ0v) is 8.26. The van der Waals surface area contributed by atoms with Crippen LogP contribution in [0.15, 0.2) is 24.4 Å². The van der Waals surface area contributed by atoms with Crippen LogP contribution in [-0.2, 0) is 4.74 Å². The Morgan fingerprint density at radius 3 is 3.00 bits per heavy atom. The minimum atomic E-state index is -0.386. The highest BCUT2D eigenvalue weighted by atomic mass is 35.5. The standard InChI is InChI=1S/C10H8ClNO2/c1-14-10(13)6-4-8(11)7-2-3-12-9(7)5-6/h2-5,12H,1H3. The zero-order chi connectivity index (χ0) is 10.1. The maximum absolute atomic E-state index is 11.2. The summed E-state index contributed by atoms with van der Waals surface area (Å²) in [6.45, 7) is 0. The van der Waals surface area contributed by atoms with Gasteiger partial charge in [-0.05, 0) is 18.2 Å². The van der Waals surface area contributed by atoms with Gasteiger partial charge in [0.05, 0.1) is 17.7 Å². The van der Waals surface area contributed by atoms with Crippen molar-refractivity contribution in [1.29, 1.82) is 0 Å². The number of rotatable bonds is 1. The van der Waals surface area contributed by atoms with Crippen LogP contribution >= 0.6 is 11.6 Å². The number of carbonyl (C=O) groups excluding carboxylic acids is 1. The first-order valence-electron chi connectivity index (χ1n) is 4.07. The Balaban J connectivity index is 2.64. The predicted molar refractivity (Wildman–Crippen MR) is 54.6 cm³/mol. The maximum Gasteiger partial charge on any atom is 0.337 e. The molecule has 0 bridgehead atoms. The average Bonchev–Trinajstić information content (AvgIpc) is 2.64. The van der Waals surface area contributed by atoms with Gasteiger partial charge in [-0.15, -0.1) is 0 Å². The van der Waals surface area contributed by atoms with Crippen LogP contribution in [0.5, 0.6) is 0 Å². The Hall–Kier alpha value is -1.48. The van der Waals surface area contributed by atoms with Crippen LogP contribution in [-0.4, -0.2) is 18.1 Å². The number of benzene rings is 1. The second kappa shape index (κ2) is 3.35. The van der Waals surface area contributed by atoms with Gasteiger partial charge in [0.2, 0.25) is 0 Å². The fraction of sp³-hybridized carbons (Fsp3) is 0.100. The smallest absolute Gasteiger partial charge is 0.337 e. The molecule has 0 fully saturated rings. The molecule has 1 heterocycles. The minimum absolute atomic E-state index is 0.386. The molecule has 4 heteroatoms. The largest absolute Gasteiger partial charge is 0.465 e. The molecule has 72 valence electrons. The van der Waals surface area contributed by atoms with Gasteiger partial charge in [0.15, 0.2) is 0 Å². The number of hydrogen-bond donors (Lipinski definition) is 1. The van der Waals surface area contributed by atoms with Crippen molar-refractivity contribution in [3.63, 3.8) is 0 Å². The first-order chi connectivity index (χ1) is 6.72. The number of H-pyrrole nitrogens is 1. The van der Waals surface area contributed by atoms with E-state index in [0.717, 1.165) is 10.9 Å². The first kappa shape index (κ1) is 9.09. The summed E-state index contributed by atoms with van der Waals surface area (Å²) in [6, 6.07) is 5.18. The molecule has 0 aliphatic heterocycles. The molecule has 14 heavy (non-hydrogen) atoms. The molecule has 0 spiro atoms. The highest BCUT2D eigenvalue weighted by molar-refractivity contribution is 6.35. The van der Waals surface area contributed by atoms with E-state index < -0.39 is 0 Å². The van der Waals surface area contributed by atoms with Crippen molar-refractivity contribution in [2.24, 2.45) is 0 Å². The van der Waals surface area contributed by atoms with Gasteiger partial charge in [-0.2, -0.15) is 0 Å². The third-order valence-electron chi connectivity index (χ3n) is 2.04. The van der Waals surface area contributed by atoms with Crippen LogP contribution in [0.2, 0.25) is 5.02 Å². The molecule has 1 N–H and O–H groups in total. The molecule has 2 aromatic rings. The van der Waals surface area contributed by atoms with E-state index in [0.29, 0.717) is 10.6 Å². The van der Waals surface area contributed by atoms with E-state index in [1.165, 1.54) is 7.11 Å². The van der Waals surface area contributed by atoms with Crippen molar-refractivity contribution in [2.45, 2.75) is 0 Å². The highest BCUT2D eigenvalue weighted by Crippen LogP contribution is 2.24. The summed E-state index contributed by atoms with van der Waals surface area (Å²) in [6.07, 6.45) is 1.78. The van der Waals surface area contributed by atoms with Crippen molar-refractivity contribution in [1.82, 2.24) is 4.98 Å².